The first-order chi connectivity index (χ1) is 9.52. The van der Waals surface area contributed by atoms with E-state index in [1.54, 1.807) is 0 Å². The van der Waals surface area contributed by atoms with Crippen LogP contribution in [0.1, 0.15) is 65.7 Å². The summed E-state index contributed by atoms with van der Waals surface area (Å²) in [5.74, 6) is -1.05. The van der Waals surface area contributed by atoms with Crippen LogP contribution in [-0.4, -0.2) is 29.7 Å². The van der Waals surface area contributed by atoms with Crippen LogP contribution in [0.15, 0.2) is 0 Å². The minimum absolute atomic E-state index is 0.0766. The van der Waals surface area contributed by atoms with E-state index in [4.69, 9.17) is 5.11 Å². The molecule has 20 heavy (non-hydrogen) atoms. The van der Waals surface area contributed by atoms with Crippen molar-refractivity contribution in [3.63, 3.8) is 0 Å². The molecule has 118 valence electrons. The third-order valence-corrected chi connectivity index (χ3v) is 3.58. The molecule has 0 aliphatic heterocycles. The molecule has 0 aromatic heterocycles. The van der Waals surface area contributed by atoms with Crippen molar-refractivity contribution in [1.82, 2.24) is 10.6 Å². The van der Waals surface area contributed by atoms with E-state index in [9.17, 15) is 9.59 Å². The number of hydrogen-bond acceptors (Lipinski definition) is 2. The second-order valence-corrected chi connectivity index (χ2v) is 5.37. The molecular weight excluding hydrogens is 256 g/mol. The monoisotopic (exact) mass is 286 g/mol. The smallest absolute Gasteiger partial charge is 0.326 e. The predicted molar refractivity (Wildman–Crippen MR) is 80.8 cm³/mol. The zero-order chi connectivity index (χ0) is 15.4. The van der Waals surface area contributed by atoms with Crippen LogP contribution in [0.5, 0.6) is 0 Å². The summed E-state index contributed by atoms with van der Waals surface area (Å²) in [6.07, 6.45) is 7.70. The minimum Gasteiger partial charge on any atom is -0.480 e. The van der Waals surface area contributed by atoms with Gasteiger partial charge in [0.2, 0.25) is 0 Å². The maximum atomic E-state index is 11.6. The molecule has 0 aromatic carbocycles. The maximum Gasteiger partial charge on any atom is 0.326 e. The summed E-state index contributed by atoms with van der Waals surface area (Å²) in [5.41, 5.74) is 0. The number of carbonyl (C=O) groups is 2. The van der Waals surface area contributed by atoms with Crippen LogP contribution in [0.3, 0.4) is 0 Å². The summed E-state index contributed by atoms with van der Waals surface area (Å²) in [4.78, 5) is 22.7. The number of hydrogen-bond donors (Lipinski definition) is 3. The fourth-order valence-electron chi connectivity index (χ4n) is 1.98. The van der Waals surface area contributed by atoms with Gasteiger partial charge in [-0.2, -0.15) is 0 Å². The van der Waals surface area contributed by atoms with Crippen molar-refractivity contribution in [2.75, 3.05) is 6.54 Å². The van der Waals surface area contributed by atoms with Crippen molar-refractivity contribution in [1.29, 1.82) is 0 Å². The molecule has 5 nitrogen and oxygen atoms in total. The Morgan fingerprint density at radius 3 is 2.20 bits per heavy atom. The Balaban J connectivity index is 3.78. The van der Waals surface area contributed by atoms with Gasteiger partial charge >= 0.3 is 12.0 Å². The van der Waals surface area contributed by atoms with Crippen molar-refractivity contribution < 1.29 is 14.7 Å². The van der Waals surface area contributed by atoms with Crippen LogP contribution in [0.2, 0.25) is 0 Å². The lowest BCUT2D eigenvalue weighted by atomic mass is 9.99. The van der Waals surface area contributed by atoms with Gasteiger partial charge in [0.15, 0.2) is 0 Å². The Bertz CT molecular complexity index is 282. The van der Waals surface area contributed by atoms with Crippen molar-refractivity contribution >= 4 is 12.0 Å². The van der Waals surface area contributed by atoms with Gasteiger partial charge in [0, 0.05) is 6.54 Å². The van der Waals surface area contributed by atoms with E-state index in [-0.39, 0.29) is 11.9 Å². The Morgan fingerprint density at radius 1 is 1.05 bits per heavy atom. The highest BCUT2D eigenvalue weighted by Crippen LogP contribution is 2.07. The normalized spacial score (nSPS) is 13.6. The van der Waals surface area contributed by atoms with E-state index in [1.165, 1.54) is 25.7 Å². The average Bonchev–Trinajstić information content (AvgIpc) is 2.42. The zero-order valence-electron chi connectivity index (χ0n) is 13.1. The average molecular weight is 286 g/mol. The fourth-order valence-corrected chi connectivity index (χ4v) is 1.98. The Hall–Kier alpha value is -1.26. The number of urea groups is 1. The molecule has 0 radical (unpaired) electrons. The fraction of sp³-hybridized carbons (Fsp3) is 0.867. The minimum atomic E-state index is -0.978. The first-order valence-corrected chi connectivity index (χ1v) is 7.80. The SMILES string of the molecule is CCCCCCCCNC(=O)N[C@H](C(=O)O)C(C)CC. The molecule has 1 unspecified atom stereocenters. The first-order valence-electron chi connectivity index (χ1n) is 7.80. The quantitative estimate of drug-likeness (QED) is 0.510. The van der Waals surface area contributed by atoms with Gasteiger partial charge in [0.1, 0.15) is 6.04 Å². The van der Waals surface area contributed by atoms with Gasteiger partial charge in [-0.3, -0.25) is 0 Å². The van der Waals surface area contributed by atoms with Crippen LogP contribution in [-0.2, 0) is 4.79 Å². The standard InChI is InChI=1S/C15H30N2O3/c1-4-6-7-8-9-10-11-16-15(20)17-13(14(18)19)12(3)5-2/h12-13H,4-11H2,1-3H3,(H,18,19)(H2,16,17,20)/t12?,13-/m0/s1. The Labute approximate surface area is 122 Å². The molecule has 3 N–H and O–H groups in total. The number of nitrogens with one attached hydrogen (secondary N) is 2. The van der Waals surface area contributed by atoms with Gasteiger partial charge in [-0.15, -0.1) is 0 Å². The second kappa shape index (κ2) is 11.6. The largest absolute Gasteiger partial charge is 0.480 e. The van der Waals surface area contributed by atoms with E-state index in [0.29, 0.717) is 13.0 Å². The van der Waals surface area contributed by atoms with Crippen molar-refractivity contribution in [2.24, 2.45) is 5.92 Å². The first kappa shape index (κ1) is 18.7. The molecule has 0 bridgehead atoms. The van der Waals surface area contributed by atoms with Gasteiger partial charge in [-0.25, -0.2) is 9.59 Å². The molecule has 0 aliphatic carbocycles. The molecule has 0 aromatic rings. The molecule has 0 rings (SSSR count). The number of carbonyl (C=O) groups excluding carboxylic acids is 1. The second-order valence-electron chi connectivity index (χ2n) is 5.37. The highest BCUT2D eigenvalue weighted by Gasteiger charge is 2.24. The number of carboxylic acids is 1. The summed E-state index contributed by atoms with van der Waals surface area (Å²) in [7, 11) is 0. The molecule has 0 fully saturated rings. The predicted octanol–water partition coefficient (Wildman–Crippen LogP) is 3.15. The molecule has 5 heteroatoms. The van der Waals surface area contributed by atoms with E-state index >= 15 is 0 Å². The summed E-state index contributed by atoms with van der Waals surface area (Å²) in [5, 5.41) is 14.3. The summed E-state index contributed by atoms with van der Waals surface area (Å²) >= 11 is 0. The summed E-state index contributed by atoms with van der Waals surface area (Å²) in [6.45, 7) is 6.52. The van der Waals surface area contributed by atoms with Gasteiger partial charge in [0.05, 0.1) is 0 Å². The number of unbranched alkanes of at least 4 members (excludes halogenated alkanes) is 5. The van der Waals surface area contributed by atoms with Crippen LogP contribution in [0.25, 0.3) is 0 Å². The Kier molecular flexibility index (Phi) is 10.8. The van der Waals surface area contributed by atoms with Gasteiger partial charge in [-0.05, 0) is 12.3 Å². The maximum absolute atomic E-state index is 11.6. The van der Waals surface area contributed by atoms with Gasteiger partial charge < -0.3 is 15.7 Å². The third-order valence-electron chi connectivity index (χ3n) is 3.58. The molecule has 0 aliphatic rings. The molecular formula is C15H30N2O3. The lowest BCUT2D eigenvalue weighted by Gasteiger charge is -2.20. The summed E-state index contributed by atoms with van der Waals surface area (Å²) < 4.78 is 0. The number of carboxylic acid groups (broad SMARTS) is 1. The van der Waals surface area contributed by atoms with Gasteiger partial charge in [0.25, 0.3) is 0 Å². The van der Waals surface area contributed by atoms with Crippen LogP contribution < -0.4 is 10.6 Å². The van der Waals surface area contributed by atoms with Crippen LogP contribution in [0, 0.1) is 5.92 Å². The molecule has 0 saturated heterocycles. The van der Waals surface area contributed by atoms with Crippen molar-refractivity contribution in [3.8, 4) is 0 Å². The van der Waals surface area contributed by atoms with Gasteiger partial charge in [-0.1, -0.05) is 59.3 Å². The van der Waals surface area contributed by atoms with Crippen molar-refractivity contribution in [2.45, 2.75) is 71.8 Å². The molecule has 0 saturated carbocycles. The Morgan fingerprint density at radius 2 is 1.65 bits per heavy atom. The molecule has 0 spiro atoms. The van der Waals surface area contributed by atoms with E-state index < -0.39 is 12.0 Å². The number of aliphatic carboxylic acids is 1. The van der Waals surface area contributed by atoms with Crippen LogP contribution in [0.4, 0.5) is 4.79 Å². The van der Waals surface area contributed by atoms with Crippen molar-refractivity contribution in [3.05, 3.63) is 0 Å². The molecule has 2 atom stereocenters. The number of rotatable bonds is 11. The highest BCUT2D eigenvalue weighted by molar-refractivity contribution is 5.82. The lowest BCUT2D eigenvalue weighted by Crippen LogP contribution is -2.49. The molecule has 2 amide bonds. The number of amides is 2. The van der Waals surface area contributed by atoms with E-state index in [2.05, 4.69) is 17.6 Å². The van der Waals surface area contributed by atoms with Crippen LogP contribution >= 0.6 is 0 Å². The van der Waals surface area contributed by atoms with E-state index in [0.717, 1.165) is 12.8 Å². The topological polar surface area (TPSA) is 78.4 Å². The third kappa shape index (κ3) is 8.77. The molecule has 0 heterocycles. The van der Waals surface area contributed by atoms with E-state index in [1.807, 2.05) is 13.8 Å². The highest BCUT2D eigenvalue weighted by atomic mass is 16.4. The zero-order valence-corrected chi connectivity index (χ0v) is 13.1. The summed E-state index contributed by atoms with van der Waals surface area (Å²) in [6, 6.07) is -1.20. The lowest BCUT2D eigenvalue weighted by molar-refractivity contribution is -0.140.